The predicted molar refractivity (Wildman–Crippen MR) is 153 cm³/mol. The van der Waals surface area contributed by atoms with E-state index in [1.54, 1.807) is 0 Å². The van der Waals surface area contributed by atoms with Gasteiger partial charge >= 0.3 is 11.9 Å². The van der Waals surface area contributed by atoms with Crippen LogP contribution in [0.2, 0.25) is 0 Å². The van der Waals surface area contributed by atoms with Gasteiger partial charge in [-0.15, -0.1) is 0 Å². The van der Waals surface area contributed by atoms with E-state index in [0.717, 1.165) is 42.4 Å². The van der Waals surface area contributed by atoms with Crippen molar-refractivity contribution in [1.29, 1.82) is 0 Å². The Morgan fingerprint density at radius 3 is 1.82 bits per heavy atom. The van der Waals surface area contributed by atoms with Crippen molar-refractivity contribution in [2.45, 2.75) is 112 Å². The van der Waals surface area contributed by atoms with Crippen LogP contribution in [-0.2, 0) is 24.5 Å². The van der Waals surface area contributed by atoms with Gasteiger partial charge in [-0.05, 0) is 95.0 Å². The normalized spacial score (nSPS) is 37.1. The van der Waals surface area contributed by atoms with Crippen molar-refractivity contribution in [2.75, 3.05) is 14.1 Å². The summed E-state index contributed by atoms with van der Waals surface area (Å²) in [5.41, 5.74) is 1.84. The van der Waals surface area contributed by atoms with E-state index < -0.39 is 5.41 Å². The highest BCUT2D eigenvalue weighted by Crippen LogP contribution is 2.49. The monoisotopic (exact) mass is 542 g/mol. The Morgan fingerprint density at radius 2 is 1.23 bits per heavy atom. The number of nitrogens with zero attached hydrogens (tertiary/aromatic N) is 2. The number of carbonyl (C=O) groups is 2. The lowest BCUT2D eigenvalue weighted by molar-refractivity contribution is -0.160. The van der Waals surface area contributed by atoms with E-state index in [9.17, 15) is 9.59 Å². The number of esters is 2. The van der Waals surface area contributed by atoms with Crippen LogP contribution in [0.1, 0.15) is 86.8 Å². The zero-order valence-corrected chi connectivity index (χ0v) is 23.8. The first-order chi connectivity index (χ1) is 19.4. The maximum atomic E-state index is 14.4. The van der Waals surface area contributed by atoms with E-state index in [0.29, 0.717) is 37.0 Å². The molecule has 0 radical (unpaired) electrons. The summed E-state index contributed by atoms with van der Waals surface area (Å²) in [6.07, 6.45) is 9.44. The minimum absolute atomic E-state index is 0.0149. The van der Waals surface area contributed by atoms with Gasteiger partial charge in [-0.1, -0.05) is 54.6 Å². The topological polar surface area (TPSA) is 59.1 Å². The lowest BCUT2D eigenvalue weighted by Crippen LogP contribution is -2.48. The van der Waals surface area contributed by atoms with Gasteiger partial charge in [-0.3, -0.25) is 9.59 Å². The Balaban J connectivity index is 1.18. The van der Waals surface area contributed by atoms with Crippen LogP contribution < -0.4 is 0 Å². The van der Waals surface area contributed by atoms with E-state index in [2.05, 4.69) is 23.9 Å². The van der Waals surface area contributed by atoms with Crippen LogP contribution >= 0.6 is 0 Å². The highest BCUT2D eigenvalue weighted by atomic mass is 16.5. The van der Waals surface area contributed by atoms with Gasteiger partial charge in [0.1, 0.15) is 17.6 Å². The summed E-state index contributed by atoms with van der Waals surface area (Å²) in [5, 5.41) is 0. The van der Waals surface area contributed by atoms with Crippen molar-refractivity contribution in [3.05, 3.63) is 71.3 Å². The number of piperidine rings is 2. The van der Waals surface area contributed by atoms with Crippen molar-refractivity contribution < 1.29 is 19.1 Å². The van der Waals surface area contributed by atoms with Crippen LogP contribution in [0.25, 0.3) is 0 Å². The molecule has 1 unspecified atom stereocenters. The Morgan fingerprint density at radius 1 is 0.700 bits per heavy atom. The molecule has 212 valence electrons. The van der Waals surface area contributed by atoms with Crippen LogP contribution in [0.5, 0.6) is 0 Å². The molecular weight excluding hydrogens is 500 g/mol. The van der Waals surface area contributed by atoms with Crippen molar-refractivity contribution in [1.82, 2.24) is 9.80 Å². The Labute approximate surface area is 238 Å². The molecule has 6 nitrogen and oxygen atoms in total. The fourth-order valence-electron chi connectivity index (χ4n) is 8.85. The first-order valence-electron chi connectivity index (χ1n) is 15.4. The minimum Gasteiger partial charge on any atom is -0.462 e. The van der Waals surface area contributed by atoms with Crippen LogP contribution in [0.3, 0.4) is 0 Å². The molecule has 0 N–H and O–H groups in total. The number of carbonyl (C=O) groups excluding carboxylic acids is 2. The van der Waals surface area contributed by atoms with Crippen LogP contribution in [0.15, 0.2) is 54.6 Å². The average molecular weight is 543 g/mol. The molecule has 4 saturated heterocycles. The molecule has 7 rings (SSSR count). The smallest absolute Gasteiger partial charge is 0.321 e. The molecule has 0 amide bonds. The average Bonchev–Trinajstić information content (AvgIpc) is 3.28. The second-order valence-corrected chi connectivity index (χ2v) is 13.1. The molecule has 4 heterocycles. The fraction of sp³-hybridized carbons (Fsp3) is 0.588. The standard InChI is InChI=1S/C34H42N2O4/c1-35-23-12-13-24(35)19-27(18-23)39-32(37)30-16-17-34(22-8-4-3-5-9-22,31-11-7-6-10-29(30)31)33(38)40-28-20-25-14-15-26(21-28)36(25)2/h3-11,23-28,30H,12-21H2,1-2H3/t23-,24-,25-,26+,28?,30+,34+/m0/s1. The molecule has 2 aromatic carbocycles. The van der Waals surface area contributed by atoms with Gasteiger partial charge in [0.25, 0.3) is 0 Å². The van der Waals surface area contributed by atoms with Gasteiger partial charge in [0.05, 0.1) is 5.92 Å². The third-order valence-electron chi connectivity index (χ3n) is 11.2. The van der Waals surface area contributed by atoms with Crippen molar-refractivity contribution in [3.63, 3.8) is 0 Å². The second kappa shape index (κ2) is 10.3. The van der Waals surface area contributed by atoms with E-state index in [4.69, 9.17) is 9.47 Å². The minimum atomic E-state index is -0.927. The highest BCUT2D eigenvalue weighted by Gasteiger charge is 2.52. The van der Waals surface area contributed by atoms with E-state index in [1.165, 1.54) is 25.7 Å². The number of ether oxygens (including phenoxy) is 2. The molecule has 1 aliphatic carbocycles. The lowest BCUT2D eigenvalue weighted by atomic mass is 9.63. The van der Waals surface area contributed by atoms with Gasteiger partial charge in [-0.2, -0.15) is 0 Å². The van der Waals surface area contributed by atoms with Gasteiger partial charge in [0.15, 0.2) is 0 Å². The van der Waals surface area contributed by atoms with Crippen LogP contribution in [-0.4, -0.2) is 72.2 Å². The Bertz CT molecular complexity index is 1240. The third kappa shape index (κ3) is 4.30. The number of rotatable bonds is 5. The SMILES string of the molecule is CN1[C@H]2CC[C@H]1CC(OC(=O)[C@@H]1CC[C@@](C(=O)OC3C[C@H]4CC[C@@H](C3)N4C)(c3ccccc3)c3ccccc31)C2. The molecule has 7 atom stereocenters. The Hall–Kier alpha value is -2.70. The summed E-state index contributed by atoms with van der Waals surface area (Å²) in [6.45, 7) is 0. The zero-order chi connectivity index (χ0) is 27.4. The van der Waals surface area contributed by atoms with Gasteiger partial charge in [-0.25, -0.2) is 0 Å². The maximum absolute atomic E-state index is 14.4. The van der Waals surface area contributed by atoms with Gasteiger partial charge in [0.2, 0.25) is 0 Å². The van der Waals surface area contributed by atoms with Gasteiger partial charge in [0, 0.05) is 24.2 Å². The van der Waals surface area contributed by atoms with Crippen LogP contribution in [0.4, 0.5) is 0 Å². The first-order valence-corrected chi connectivity index (χ1v) is 15.4. The molecular formula is C34H42N2O4. The lowest BCUT2D eigenvalue weighted by Gasteiger charge is -2.42. The molecule has 4 bridgehead atoms. The summed E-state index contributed by atoms with van der Waals surface area (Å²) in [4.78, 5) is 33.1. The molecule has 0 aromatic heterocycles. The maximum Gasteiger partial charge on any atom is 0.321 e. The quantitative estimate of drug-likeness (QED) is 0.485. The molecule has 5 aliphatic rings. The molecule has 0 saturated carbocycles. The number of fused-ring (bicyclic) bond motifs is 5. The predicted octanol–water partition coefficient (Wildman–Crippen LogP) is 5.19. The van der Waals surface area contributed by atoms with Gasteiger partial charge < -0.3 is 19.3 Å². The first kappa shape index (κ1) is 26.2. The fourth-order valence-corrected chi connectivity index (χ4v) is 8.85. The van der Waals surface area contributed by atoms with Crippen LogP contribution in [0, 0.1) is 0 Å². The van der Waals surface area contributed by atoms with Crippen molar-refractivity contribution in [3.8, 4) is 0 Å². The second-order valence-electron chi connectivity index (χ2n) is 13.1. The summed E-state index contributed by atoms with van der Waals surface area (Å²) in [6, 6.07) is 20.1. The largest absolute Gasteiger partial charge is 0.462 e. The summed E-state index contributed by atoms with van der Waals surface area (Å²) in [7, 11) is 4.41. The highest BCUT2D eigenvalue weighted by molar-refractivity contribution is 5.91. The molecule has 40 heavy (non-hydrogen) atoms. The van der Waals surface area contributed by atoms with Crippen molar-refractivity contribution in [2.24, 2.45) is 0 Å². The molecule has 4 aliphatic heterocycles. The summed E-state index contributed by atoms with van der Waals surface area (Å²) >= 11 is 0. The number of hydrogen-bond donors (Lipinski definition) is 0. The molecule has 0 spiro atoms. The summed E-state index contributed by atoms with van der Waals surface area (Å²) < 4.78 is 12.7. The zero-order valence-electron chi connectivity index (χ0n) is 23.8. The van der Waals surface area contributed by atoms with E-state index in [-0.39, 0.29) is 30.1 Å². The number of benzene rings is 2. The Kier molecular flexibility index (Phi) is 6.74. The van der Waals surface area contributed by atoms with Crippen molar-refractivity contribution >= 4 is 11.9 Å². The third-order valence-corrected chi connectivity index (χ3v) is 11.2. The van der Waals surface area contributed by atoms with E-state index in [1.807, 2.05) is 54.6 Å². The number of hydrogen-bond acceptors (Lipinski definition) is 6. The van der Waals surface area contributed by atoms with E-state index >= 15 is 0 Å². The molecule has 6 heteroatoms. The molecule has 2 aromatic rings. The molecule has 4 fully saturated rings. The summed E-state index contributed by atoms with van der Waals surface area (Å²) in [5.74, 6) is -0.667.